The van der Waals surface area contributed by atoms with Crippen molar-refractivity contribution in [2.45, 2.75) is 12.8 Å². The van der Waals surface area contributed by atoms with Crippen molar-refractivity contribution in [1.82, 2.24) is 0 Å². The van der Waals surface area contributed by atoms with Gasteiger partial charge in [0.25, 0.3) is 0 Å². The van der Waals surface area contributed by atoms with Gasteiger partial charge in [-0.2, -0.15) is 0 Å². The van der Waals surface area contributed by atoms with E-state index < -0.39 is 0 Å². The van der Waals surface area contributed by atoms with Crippen LogP contribution in [0.15, 0.2) is 168 Å². The molecule has 0 atom stereocenters. The third kappa shape index (κ3) is 5.34. The highest BCUT2D eigenvalue weighted by Crippen LogP contribution is 2.42. The van der Waals surface area contributed by atoms with Crippen molar-refractivity contribution in [3.63, 3.8) is 0 Å². The Balaban J connectivity index is 0.988. The Bertz CT molecular complexity index is 2750. The van der Waals surface area contributed by atoms with Gasteiger partial charge in [0.1, 0.15) is 11.2 Å². The van der Waals surface area contributed by atoms with E-state index in [1.165, 1.54) is 53.9 Å². The topological polar surface area (TPSA) is 25.2 Å². The van der Waals surface area contributed by atoms with Crippen LogP contribution in [0.25, 0.3) is 82.6 Å². The molecule has 0 saturated carbocycles. The number of benzene rings is 7. The summed E-state index contributed by atoms with van der Waals surface area (Å²) in [7, 11) is 0. The van der Waals surface area contributed by atoms with E-state index in [2.05, 4.69) is 175 Å². The molecule has 7 aromatic carbocycles. The maximum Gasteiger partial charge on any atom is 0.137 e. The van der Waals surface area contributed by atoms with Crippen molar-refractivity contribution in [1.29, 1.82) is 0 Å². The average molecular weight is 672 g/mol. The third-order valence-electron chi connectivity index (χ3n) is 10.1. The molecule has 2 nitrogen and oxygen atoms in total. The Morgan fingerprint density at radius 3 is 1.92 bits per heavy atom. The van der Waals surface area contributed by atoms with Gasteiger partial charge in [0, 0.05) is 26.0 Å². The highest BCUT2D eigenvalue weighted by Gasteiger charge is 2.17. The lowest BCUT2D eigenvalue weighted by atomic mass is 9.95. The van der Waals surface area contributed by atoms with Crippen molar-refractivity contribution in [3.8, 4) is 44.5 Å². The summed E-state index contributed by atoms with van der Waals surface area (Å²) in [5, 5.41) is 7.34. The number of hydrogen-bond acceptors (Lipinski definition) is 3. The van der Waals surface area contributed by atoms with Crippen LogP contribution in [0.4, 0.5) is 11.4 Å². The first-order chi connectivity index (χ1) is 25.2. The molecule has 1 aliphatic rings. The van der Waals surface area contributed by atoms with Crippen LogP contribution >= 0.6 is 11.3 Å². The maximum absolute atomic E-state index is 6.46. The number of fused-ring (bicyclic) bond motifs is 6. The van der Waals surface area contributed by atoms with Gasteiger partial charge in [-0.25, -0.2) is 0 Å². The molecule has 10 rings (SSSR count). The lowest BCUT2D eigenvalue weighted by Gasteiger charge is -2.12. The summed E-state index contributed by atoms with van der Waals surface area (Å²) in [4.78, 5) is 1.50. The van der Waals surface area contributed by atoms with E-state index in [1.54, 1.807) is 0 Å². The van der Waals surface area contributed by atoms with E-state index in [4.69, 9.17) is 4.42 Å². The maximum atomic E-state index is 6.46. The molecule has 3 heteroatoms. The second-order valence-electron chi connectivity index (χ2n) is 13.3. The zero-order chi connectivity index (χ0) is 33.7. The minimum Gasteiger partial charge on any atom is -0.456 e. The van der Waals surface area contributed by atoms with Gasteiger partial charge >= 0.3 is 0 Å². The third-order valence-corrected chi connectivity index (χ3v) is 11.4. The summed E-state index contributed by atoms with van der Waals surface area (Å²) in [5.74, 6) is 0. The number of rotatable bonds is 6. The lowest BCUT2D eigenvalue weighted by Crippen LogP contribution is -1.92. The second kappa shape index (κ2) is 12.3. The fraction of sp³-hybridized carbons (Fsp3) is 0.0417. The number of nitrogens with one attached hydrogen (secondary N) is 1. The first-order valence-electron chi connectivity index (χ1n) is 17.6. The molecule has 0 radical (unpaired) electrons. The predicted octanol–water partition coefficient (Wildman–Crippen LogP) is 14.2. The van der Waals surface area contributed by atoms with Crippen LogP contribution in [0.2, 0.25) is 0 Å². The standard InChI is InChI=1S/C48H33NOS/c1-2-9-31(10-3-1)32-19-21-33(22-20-32)34-23-25-35(26-24-34)39-14-7-16-43-47(39)48-42(15-8-17-44(48)50-43)49-38-12-6-11-36(29-38)37-27-28-46-41(30-37)40-13-4-5-18-45(40)51-46/h1-4,6-17,19-30,49H,5,18H2. The molecule has 0 unspecified atom stereocenters. The van der Waals surface area contributed by atoms with Gasteiger partial charge in [-0.15, -0.1) is 11.3 Å². The van der Waals surface area contributed by atoms with Gasteiger partial charge < -0.3 is 9.73 Å². The van der Waals surface area contributed by atoms with Gasteiger partial charge in [-0.3, -0.25) is 0 Å². The quantitative estimate of drug-likeness (QED) is 0.190. The molecule has 1 aliphatic carbocycles. The fourth-order valence-corrected chi connectivity index (χ4v) is 8.79. The number of aryl methyl sites for hydroxylation is 1. The first-order valence-corrected chi connectivity index (χ1v) is 18.4. The van der Waals surface area contributed by atoms with Gasteiger partial charge in [0.15, 0.2) is 0 Å². The predicted molar refractivity (Wildman–Crippen MR) is 218 cm³/mol. The molecule has 2 heterocycles. The first kappa shape index (κ1) is 29.7. The Kier molecular flexibility index (Phi) is 7.18. The molecule has 0 amide bonds. The monoisotopic (exact) mass is 671 g/mol. The summed E-state index contributed by atoms with van der Waals surface area (Å²) in [6.07, 6.45) is 6.89. The van der Waals surface area contributed by atoms with Crippen molar-refractivity contribution < 1.29 is 4.42 Å². The van der Waals surface area contributed by atoms with Gasteiger partial charge in [0.2, 0.25) is 0 Å². The number of hydrogen-bond donors (Lipinski definition) is 1. The molecule has 0 bridgehead atoms. The van der Waals surface area contributed by atoms with Crippen molar-refractivity contribution in [3.05, 3.63) is 174 Å². The van der Waals surface area contributed by atoms with Crippen molar-refractivity contribution in [2.24, 2.45) is 0 Å². The van der Waals surface area contributed by atoms with Crippen LogP contribution in [-0.4, -0.2) is 0 Å². The number of furan rings is 1. The highest BCUT2D eigenvalue weighted by molar-refractivity contribution is 7.19. The van der Waals surface area contributed by atoms with Crippen LogP contribution in [0, 0.1) is 0 Å². The molecule has 1 N–H and O–H groups in total. The number of allylic oxidation sites excluding steroid dienone is 1. The summed E-state index contributed by atoms with van der Waals surface area (Å²) < 4.78 is 7.83. The molecular formula is C48H33NOS. The van der Waals surface area contributed by atoms with E-state index in [1.807, 2.05) is 11.3 Å². The number of anilines is 2. The molecule has 0 spiro atoms. The summed E-state index contributed by atoms with van der Waals surface area (Å²) in [6, 6.07) is 56.5. The normalized spacial score (nSPS) is 12.5. The van der Waals surface area contributed by atoms with E-state index in [-0.39, 0.29) is 0 Å². The lowest BCUT2D eigenvalue weighted by molar-refractivity contribution is 0.669. The Labute approximate surface area is 301 Å². The van der Waals surface area contributed by atoms with E-state index in [0.717, 1.165) is 57.3 Å². The summed E-state index contributed by atoms with van der Waals surface area (Å²) in [5.41, 5.74) is 14.8. The van der Waals surface area contributed by atoms with E-state index >= 15 is 0 Å². The van der Waals surface area contributed by atoms with Crippen molar-refractivity contribution in [2.75, 3.05) is 5.32 Å². The van der Waals surface area contributed by atoms with Crippen LogP contribution in [0.3, 0.4) is 0 Å². The molecule has 2 aromatic heterocycles. The van der Waals surface area contributed by atoms with Gasteiger partial charge in [0.05, 0.1) is 11.1 Å². The Hall–Kier alpha value is -6.16. The zero-order valence-corrected chi connectivity index (χ0v) is 28.7. The summed E-state index contributed by atoms with van der Waals surface area (Å²) >= 11 is 1.94. The molecular weight excluding hydrogens is 639 g/mol. The molecule has 0 fully saturated rings. The van der Waals surface area contributed by atoms with E-state index in [0.29, 0.717) is 0 Å². The molecule has 242 valence electrons. The fourth-order valence-electron chi connectivity index (χ4n) is 7.60. The SMILES string of the molecule is C1=Cc2c(sc3ccc(-c4cccc(Nc5cccc6oc7cccc(-c8ccc(-c9ccc(-c%10ccccc%10)cc9)cc8)c7c56)c4)cc23)CC1. The van der Waals surface area contributed by atoms with Crippen LogP contribution < -0.4 is 5.32 Å². The van der Waals surface area contributed by atoms with Crippen LogP contribution in [0.1, 0.15) is 16.9 Å². The van der Waals surface area contributed by atoms with Crippen molar-refractivity contribution >= 4 is 60.8 Å². The minimum atomic E-state index is 0.870. The van der Waals surface area contributed by atoms with Crippen LogP contribution in [-0.2, 0) is 6.42 Å². The van der Waals surface area contributed by atoms with Gasteiger partial charge in [-0.1, -0.05) is 127 Å². The summed E-state index contributed by atoms with van der Waals surface area (Å²) in [6.45, 7) is 0. The largest absolute Gasteiger partial charge is 0.456 e. The average Bonchev–Trinajstić information content (AvgIpc) is 3.77. The molecule has 0 saturated heterocycles. The van der Waals surface area contributed by atoms with Crippen LogP contribution in [0.5, 0.6) is 0 Å². The molecule has 9 aromatic rings. The second-order valence-corrected chi connectivity index (χ2v) is 14.4. The van der Waals surface area contributed by atoms with E-state index in [9.17, 15) is 0 Å². The minimum absolute atomic E-state index is 0.870. The smallest absolute Gasteiger partial charge is 0.137 e. The number of thiophene rings is 1. The molecule has 51 heavy (non-hydrogen) atoms. The Morgan fingerprint density at radius 1 is 0.510 bits per heavy atom. The highest BCUT2D eigenvalue weighted by atomic mass is 32.1. The van der Waals surface area contributed by atoms with Gasteiger partial charge in [-0.05, 0) is 105 Å². The Morgan fingerprint density at radius 2 is 1.14 bits per heavy atom. The zero-order valence-electron chi connectivity index (χ0n) is 27.9. The molecule has 0 aliphatic heterocycles.